The van der Waals surface area contributed by atoms with Crippen molar-refractivity contribution in [3.05, 3.63) is 93.9 Å². The van der Waals surface area contributed by atoms with Gasteiger partial charge in [0.25, 0.3) is 11.5 Å². The summed E-state index contributed by atoms with van der Waals surface area (Å²) in [4.78, 5) is 34.5. The molecule has 0 saturated heterocycles. The molecule has 2 aromatic heterocycles. The number of amides is 1. The number of H-pyrrole nitrogens is 1. The summed E-state index contributed by atoms with van der Waals surface area (Å²) in [7, 11) is 0. The molecule has 7 heteroatoms. The van der Waals surface area contributed by atoms with E-state index in [1.807, 2.05) is 39.9 Å². The number of carbonyl (C=O) groups is 1. The highest BCUT2D eigenvalue weighted by molar-refractivity contribution is 6.06. The van der Waals surface area contributed by atoms with Crippen molar-refractivity contribution in [2.24, 2.45) is 0 Å². The molecule has 3 heterocycles. The summed E-state index contributed by atoms with van der Waals surface area (Å²) in [6.07, 6.45) is 2.87. The van der Waals surface area contributed by atoms with Gasteiger partial charge in [0.2, 0.25) is 0 Å². The Hall–Kier alpha value is -3.74. The summed E-state index contributed by atoms with van der Waals surface area (Å²) in [5, 5.41) is 5.86. The first-order valence-electron chi connectivity index (χ1n) is 10.1. The summed E-state index contributed by atoms with van der Waals surface area (Å²) < 4.78 is 1.91. The third kappa shape index (κ3) is 3.39. The van der Waals surface area contributed by atoms with E-state index in [0.717, 1.165) is 11.6 Å². The third-order valence-electron chi connectivity index (χ3n) is 5.51. The molecule has 30 heavy (non-hydrogen) atoms. The number of pyridine rings is 1. The molecular weight excluding hydrogens is 378 g/mol. The van der Waals surface area contributed by atoms with Crippen molar-refractivity contribution < 1.29 is 4.79 Å². The van der Waals surface area contributed by atoms with Gasteiger partial charge in [0.1, 0.15) is 5.82 Å². The minimum absolute atomic E-state index is 0.0855. The normalized spacial score (nSPS) is 13.8. The monoisotopic (exact) mass is 399 g/mol. The molecule has 2 aromatic carbocycles. The highest BCUT2D eigenvalue weighted by atomic mass is 16.2. The highest BCUT2D eigenvalue weighted by Crippen LogP contribution is 2.18. The second-order valence-corrected chi connectivity index (χ2v) is 7.45. The lowest BCUT2D eigenvalue weighted by Gasteiger charge is -2.20. The molecule has 0 atom stereocenters. The zero-order valence-electron chi connectivity index (χ0n) is 16.4. The Morgan fingerprint density at radius 1 is 0.967 bits per heavy atom. The van der Waals surface area contributed by atoms with Gasteiger partial charge in [-0.3, -0.25) is 9.59 Å². The van der Waals surface area contributed by atoms with Gasteiger partial charge in [0, 0.05) is 42.9 Å². The van der Waals surface area contributed by atoms with Crippen LogP contribution in [-0.2, 0) is 19.4 Å². The predicted molar refractivity (Wildman–Crippen MR) is 113 cm³/mol. The molecule has 5 rings (SSSR count). The second kappa shape index (κ2) is 7.59. The van der Waals surface area contributed by atoms with Crippen LogP contribution in [0.25, 0.3) is 10.8 Å². The van der Waals surface area contributed by atoms with E-state index in [1.54, 1.807) is 12.1 Å². The lowest BCUT2D eigenvalue weighted by molar-refractivity contribution is 0.0759. The van der Waals surface area contributed by atoms with Crippen LogP contribution in [0.5, 0.6) is 0 Å². The van der Waals surface area contributed by atoms with Crippen LogP contribution in [0, 0.1) is 0 Å². The molecule has 0 bridgehead atoms. The van der Waals surface area contributed by atoms with Crippen molar-refractivity contribution in [3.63, 3.8) is 0 Å². The zero-order chi connectivity index (χ0) is 20.5. The van der Waals surface area contributed by atoms with E-state index < -0.39 is 0 Å². The van der Waals surface area contributed by atoms with E-state index >= 15 is 0 Å². The molecule has 7 nitrogen and oxygen atoms in total. The zero-order valence-corrected chi connectivity index (χ0v) is 16.4. The fourth-order valence-corrected chi connectivity index (χ4v) is 3.97. The Balaban J connectivity index is 1.35. The largest absolute Gasteiger partial charge is 0.336 e. The number of nitrogens with one attached hydrogen (secondary N) is 1. The van der Waals surface area contributed by atoms with Crippen LogP contribution < -0.4 is 5.56 Å². The van der Waals surface area contributed by atoms with Crippen LogP contribution in [0.1, 0.15) is 27.6 Å². The number of hydrogen-bond donors (Lipinski definition) is 1. The van der Waals surface area contributed by atoms with Gasteiger partial charge < -0.3 is 9.88 Å². The SMILES string of the molecule is O=C(c1c[nH]c(=O)c2ccccc12)N1CCc2nc(Cc3ccccc3)nn2CC1. The maximum Gasteiger partial charge on any atom is 0.256 e. The number of rotatable bonds is 3. The van der Waals surface area contributed by atoms with Crippen LogP contribution in [0.4, 0.5) is 0 Å². The van der Waals surface area contributed by atoms with Crippen LogP contribution in [0.15, 0.2) is 65.6 Å². The molecule has 0 spiro atoms. The second-order valence-electron chi connectivity index (χ2n) is 7.45. The molecule has 0 aliphatic carbocycles. The van der Waals surface area contributed by atoms with E-state index in [0.29, 0.717) is 48.8 Å². The summed E-state index contributed by atoms with van der Waals surface area (Å²) in [5.41, 5.74) is 1.51. The van der Waals surface area contributed by atoms with Gasteiger partial charge in [-0.15, -0.1) is 0 Å². The first-order chi connectivity index (χ1) is 14.7. The number of carbonyl (C=O) groups excluding carboxylic acids is 1. The smallest absolute Gasteiger partial charge is 0.256 e. The van der Waals surface area contributed by atoms with Crippen molar-refractivity contribution in [2.45, 2.75) is 19.4 Å². The highest BCUT2D eigenvalue weighted by Gasteiger charge is 2.23. The Morgan fingerprint density at radius 3 is 2.57 bits per heavy atom. The van der Waals surface area contributed by atoms with E-state index in [9.17, 15) is 9.59 Å². The number of benzene rings is 2. The number of nitrogens with zero attached hydrogens (tertiary/aromatic N) is 4. The number of hydrogen-bond acceptors (Lipinski definition) is 4. The number of aromatic amines is 1. The maximum absolute atomic E-state index is 13.2. The molecule has 1 amide bonds. The van der Waals surface area contributed by atoms with Crippen LogP contribution in [0.2, 0.25) is 0 Å². The Bertz CT molecular complexity index is 1250. The van der Waals surface area contributed by atoms with Crippen molar-refractivity contribution in [2.75, 3.05) is 13.1 Å². The van der Waals surface area contributed by atoms with Gasteiger partial charge in [0.05, 0.1) is 12.1 Å². The molecule has 150 valence electrons. The van der Waals surface area contributed by atoms with Gasteiger partial charge in [-0.05, 0) is 11.6 Å². The van der Waals surface area contributed by atoms with E-state index in [1.165, 1.54) is 11.8 Å². The first-order valence-corrected chi connectivity index (χ1v) is 10.1. The average molecular weight is 399 g/mol. The van der Waals surface area contributed by atoms with Crippen LogP contribution in [0.3, 0.4) is 0 Å². The van der Waals surface area contributed by atoms with Crippen molar-refractivity contribution in [3.8, 4) is 0 Å². The van der Waals surface area contributed by atoms with Crippen molar-refractivity contribution >= 4 is 16.7 Å². The van der Waals surface area contributed by atoms with Gasteiger partial charge in [-0.25, -0.2) is 9.67 Å². The molecule has 1 aliphatic rings. The predicted octanol–water partition coefficient (Wildman–Crippen LogP) is 2.41. The fourth-order valence-electron chi connectivity index (χ4n) is 3.97. The third-order valence-corrected chi connectivity index (χ3v) is 5.51. The van der Waals surface area contributed by atoms with Gasteiger partial charge >= 0.3 is 0 Å². The van der Waals surface area contributed by atoms with Gasteiger partial charge in [0.15, 0.2) is 5.82 Å². The lowest BCUT2D eigenvalue weighted by atomic mass is 10.1. The topological polar surface area (TPSA) is 83.9 Å². The fraction of sp³-hybridized carbons (Fsp3) is 0.217. The van der Waals surface area contributed by atoms with Gasteiger partial charge in [-0.1, -0.05) is 48.5 Å². The summed E-state index contributed by atoms with van der Waals surface area (Å²) in [6.45, 7) is 1.72. The van der Waals surface area contributed by atoms with E-state index in [-0.39, 0.29) is 11.5 Å². The Kier molecular flexibility index (Phi) is 4.63. The first kappa shape index (κ1) is 18.3. The summed E-state index contributed by atoms with van der Waals surface area (Å²) in [6, 6.07) is 17.4. The molecule has 0 fully saturated rings. The minimum atomic E-state index is -0.187. The summed E-state index contributed by atoms with van der Waals surface area (Å²) in [5.74, 6) is 1.63. The van der Waals surface area contributed by atoms with Crippen LogP contribution >= 0.6 is 0 Å². The average Bonchev–Trinajstić information content (AvgIpc) is 3.05. The molecule has 1 aliphatic heterocycles. The molecule has 1 N–H and O–H groups in total. The van der Waals surface area contributed by atoms with Crippen LogP contribution in [-0.4, -0.2) is 43.6 Å². The Morgan fingerprint density at radius 2 is 1.73 bits per heavy atom. The van der Waals surface area contributed by atoms with Crippen molar-refractivity contribution in [1.29, 1.82) is 0 Å². The quantitative estimate of drug-likeness (QED) is 0.573. The molecule has 0 unspecified atom stereocenters. The van der Waals surface area contributed by atoms with E-state index in [2.05, 4.69) is 22.2 Å². The molecule has 0 saturated carbocycles. The maximum atomic E-state index is 13.2. The van der Waals surface area contributed by atoms with Crippen molar-refractivity contribution in [1.82, 2.24) is 24.6 Å². The Labute approximate surface area is 173 Å². The van der Waals surface area contributed by atoms with E-state index in [4.69, 9.17) is 4.98 Å². The van der Waals surface area contributed by atoms with Gasteiger partial charge in [-0.2, -0.15) is 5.10 Å². The molecule has 4 aromatic rings. The number of fused-ring (bicyclic) bond motifs is 2. The minimum Gasteiger partial charge on any atom is -0.336 e. The number of aromatic nitrogens is 4. The molecular formula is C23H21N5O2. The standard InChI is InChI=1S/C23H21N5O2/c29-22-18-9-5-4-8-17(18)19(15-24-22)23(30)27-11-10-21-25-20(26-28(21)13-12-27)14-16-6-2-1-3-7-16/h1-9,15H,10-14H2,(H,24,29). The molecule has 0 radical (unpaired) electrons. The summed E-state index contributed by atoms with van der Waals surface area (Å²) >= 11 is 0. The lowest BCUT2D eigenvalue weighted by Crippen LogP contribution is -2.34.